The first kappa shape index (κ1) is 12.5. The summed E-state index contributed by atoms with van der Waals surface area (Å²) in [5.74, 6) is 0.0263. The van der Waals surface area contributed by atoms with E-state index in [2.05, 4.69) is 10.6 Å². The maximum absolute atomic E-state index is 12.0. The highest BCUT2D eigenvalue weighted by Gasteiger charge is 2.39. The maximum Gasteiger partial charge on any atom is 0.227 e. The Labute approximate surface area is 91.4 Å². The maximum atomic E-state index is 12.0. The zero-order valence-electron chi connectivity index (χ0n) is 10.1. The van der Waals surface area contributed by atoms with Crippen LogP contribution in [-0.4, -0.2) is 35.7 Å². The van der Waals surface area contributed by atoms with Crippen molar-refractivity contribution in [2.24, 2.45) is 5.41 Å². The molecule has 4 nitrogen and oxygen atoms in total. The van der Waals surface area contributed by atoms with Crippen molar-refractivity contribution in [3.63, 3.8) is 0 Å². The van der Waals surface area contributed by atoms with Crippen LogP contribution in [0.3, 0.4) is 0 Å². The van der Waals surface area contributed by atoms with E-state index in [0.29, 0.717) is 6.54 Å². The van der Waals surface area contributed by atoms with Crippen molar-refractivity contribution in [3.05, 3.63) is 0 Å². The van der Waals surface area contributed by atoms with Gasteiger partial charge < -0.3 is 15.7 Å². The third-order valence-electron chi connectivity index (χ3n) is 3.40. The summed E-state index contributed by atoms with van der Waals surface area (Å²) in [7, 11) is 0. The van der Waals surface area contributed by atoms with Gasteiger partial charge in [0, 0.05) is 6.54 Å². The van der Waals surface area contributed by atoms with Crippen LogP contribution in [0.4, 0.5) is 0 Å². The molecule has 0 aromatic heterocycles. The van der Waals surface area contributed by atoms with Crippen LogP contribution < -0.4 is 10.6 Å². The molecule has 0 aromatic carbocycles. The van der Waals surface area contributed by atoms with Crippen LogP contribution in [0.1, 0.15) is 34.1 Å². The second-order valence-corrected chi connectivity index (χ2v) is 5.34. The smallest absolute Gasteiger partial charge is 0.227 e. The van der Waals surface area contributed by atoms with Crippen LogP contribution in [0, 0.1) is 5.41 Å². The molecular formula is C11H22N2O2. The highest BCUT2D eigenvalue weighted by Crippen LogP contribution is 2.25. The van der Waals surface area contributed by atoms with Crippen molar-refractivity contribution in [2.45, 2.75) is 45.8 Å². The molecule has 1 heterocycles. The first-order valence-corrected chi connectivity index (χ1v) is 5.49. The molecule has 1 amide bonds. The molecule has 88 valence electrons. The minimum Gasteiger partial charge on any atom is -0.391 e. The number of aliphatic hydroxyl groups excluding tert-OH is 1. The monoisotopic (exact) mass is 214 g/mol. The first-order valence-electron chi connectivity index (χ1n) is 5.49. The average molecular weight is 214 g/mol. The van der Waals surface area contributed by atoms with Crippen molar-refractivity contribution in [3.8, 4) is 0 Å². The summed E-state index contributed by atoms with van der Waals surface area (Å²) >= 11 is 0. The Hall–Kier alpha value is -0.610. The van der Waals surface area contributed by atoms with Crippen molar-refractivity contribution < 1.29 is 9.90 Å². The van der Waals surface area contributed by atoms with Crippen molar-refractivity contribution in [2.75, 3.05) is 13.1 Å². The van der Waals surface area contributed by atoms with Gasteiger partial charge in [-0.05, 0) is 40.7 Å². The van der Waals surface area contributed by atoms with Crippen LogP contribution in [0.15, 0.2) is 0 Å². The Kier molecular flexibility index (Phi) is 3.41. The Morgan fingerprint density at radius 3 is 2.60 bits per heavy atom. The summed E-state index contributed by atoms with van der Waals surface area (Å²) in [6, 6.07) is 0. The molecule has 3 N–H and O–H groups in total. The number of hydrogen-bond donors (Lipinski definition) is 3. The van der Waals surface area contributed by atoms with Gasteiger partial charge in [-0.3, -0.25) is 4.79 Å². The Balaban J connectivity index is 2.62. The number of rotatable bonds is 3. The van der Waals surface area contributed by atoms with E-state index in [1.54, 1.807) is 6.92 Å². The fraction of sp³-hybridized carbons (Fsp3) is 0.909. The van der Waals surface area contributed by atoms with E-state index in [4.69, 9.17) is 0 Å². The fourth-order valence-corrected chi connectivity index (χ4v) is 1.56. The van der Waals surface area contributed by atoms with Gasteiger partial charge in [0.25, 0.3) is 0 Å². The molecule has 1 aliphatic rings. The van der Waals surface area contributed by atoms with E-state index >= 15 is 0 Å². The first-order chi connectivity index (χ1) is 6.78. The number of nitrogens with one attached hydrogen (secondary N) is 2. The number of hydrogen-bond acceptors (Lipinski definition) is 3. The van der Waals surface area contributed by atoms with Crippen LogP contribution in [0.5, 0.6) is 0 Å². The molecule has 1 saturated heterocycles. The predicted octanol–water partition coefficient (Wildman–Crippen LogP) is 0.262. The van der Waals surface area contributed by atoms with Gasteiger partial charge in [-0.25, -0.2) is 0 Å². The minimum absolute atomic E-state index is 0.0263. The van der Waals surface area contributed by atoms with Gasteiger partial charge in [0.1, 0.15) is 0 Å². The van der Waals surface area contributed by atoms with Crippen LogP contribution in [0.25, 0.3) is 0 Å². The minimum atomic E-state index is -0.567. The highest BCUT2D eigenvalue weighted by molar-refractivity contribution is 5.83. The lowest BCUT2D eigenvalue weighted by atomic mass is 9.86. The third-order valence-corrected chi connectivity index (χ3v) is 3.40. The molecule has 1 aliphatic heterocycles. The molecule has 0 aliphatic carbocycles. The summed E-state index contributed by atoms with van der Waals surface area (Å²) in [6.07, 6.45) is 0.300. The van der Waals surface area contributed by atoms with E-state index in [0.717, 1.165) is 13.0 Å². The quantitative estimate of drug-likeness (QED) is 0.631. The summed E-state index contributed by atoms with van der Waals surface area (Å²) in [4.78, 5) is 12.0. The van der Waals surface area contributed by atoms with Gasteiger partial charge in [-0.2, -0.15) is 0 Å². The molecule has 2 atom stereocenters. The molecule has 1 rings (SSSR count). The van der Waals surface area contributed by atoms with Crippen LogP contribution in [-0.2, 0) is 4.79 Å². The third kappa shape index (κ3) is 2.69. The summed E-state index contributed by atoms with van der Waals surface area (Å²) in [5, 5.41) is 15.6. The average Bonchev–Trinajstić information content (AvgIpc) is 2.52. The molecule has 4 heteroatoms. The summed E-state index contributed by atoms with van der Waals surface area (Å²) < 4.78 is 0. The zero-order valence-corrected chi connectivity index (χ0v) is 10.1. The molecular weight excluding hydrogens is 192 g/mol. The van der Waals surface area contributed by atoms with Gasteiger partial charge in [0.2, 0.25) is 5.91 Å². The number of aliphatic hydroxyl groups is 1. The van der Waals surface area contributed by atoms with Crippen LogP contribution in [0.2, 0.25) is 0 Å². The molecule has 1 fully saturated rings. The zero-order chi connectivity index (χ0) is 11.7. The lowest BCUT2D eigenvalue weighted by molar-refractivity contribution is -0.132. The second-order valence-electron chi connectivity index (χ2n) is 5.34. The van der Waals surface area contributed by atoms with E-state index in [1.807, 2.05) is 20.8 Å². The van der Waals surface area contributed by atoms with E-state index in [1.165, 1.54) is 0 Å². The molecule has 0 saturated carbocycles. The molecule has 0 radical (unpaired) electrons. The topological polar surface area (TPSA) is 61.4 Å². The lowest BCUT2D eigenvalue weighted by Crippen LogP contribution is -2.55. The van der Waals surface area contributed by atoms with Crippen molar-refractivity contribution in [1.82, 2.24) is 10.6 Å². The Morgan fingerprint density at radius 2 is 2.20 bits per heavy atom. The number of carbonyl (C=O) groups excluding carboxylic acids is 1. The molecule has 15 heavy (non-hydrogen) atoms. The van der Waals surface area contributed by atoms with Gasteiger partial charge in [-0.15, -0.1) is 0 Å². The largest absolute Gasteiger partial charge is 0.391 e. The van der Waals surface area contributed by atoms with Gasteiger partial charge in [-0.1, -0.05) is 0 Å². The standard InChI is InChI=1S/C11H22N2O2/c1-8(14)10(2,3)13-9(15)11(4)5-6-12-7-11/h8,12,14H,5-7H2,1-4H3,(H,13,15). The van der Waals surface area contributed by atoms with E-state index < -0.39 is 11.6 Å². The normalized spacial score (nSPS) is 28.9. The number of amides is 1. The summed E-state index contributed by atoms with van der Waals surface area (Å²) in [5.41, 5.74) is -0.894. The Morgan fingerprint density at radius 1 is 1.60 bits per heavy atom. The molecule has 0 bridgehead atoms. The van der Waals surface area contributed by atoms with Crippen LogP contribution >= 0.6 is 0 Å². The highest BCUT2D eigenvalue weighted by atomic mass is 16.3. The lowest BCUT2D eigenvalue weighted by Gasteiger charge is -2.33. The van der Waals surface area contributed by atoms with Crippen molar-refractivity contribution >= 4 is 5.91 Å². The fourth-order valence-electron chi connectivity index (χ4n) is 1.56. The second kappa shape index (κ2) is 4.10. The van der Waals surface area contributed by atoms with Gasteiger partial charge >= 0.3 is 0 Å². The molecule has 0 aromatic rings. The van der Waals surface area contributed by atoms with Gasteiger partial charge in [0.15, 0.2) is 0 Å². The van der Waals surface area contributed by atoms with E-state index in [-0.39, 0.29) is 11.3 Å². The molecule has 0 spiro atoms. The van der Waals surface area contributed by atoms with E-state index in [9.17, 15) is 9.90 Å². The Bertz CT molecular complexity index is 243. The molecule has 2 unspecified atom stereocenters. The SMILES string of the molecule is CC(O)C(C)(C)NC(=O)C1(C)CCNC1. The van der Waals surface area contributed by atoms with Gasteiger partial charge in [0.05, 0.1) is 17.1 Å². The summed E-state index contributed by atoms with van der Waals surface area (Å²) in [6.45, 7) is 8.92. The van der Waals surface area contributed by atoms with Crippen molar-refractivity contribution in [1.29, 1.82) is 0 Å². The predicted molar refractivity (Wildman–Crippen MR) is 59.5 cm³/mol. The number of carbonyl (C=O) groups is 1.